The number of hydrogen-bond donors (Lipinski definition) is 1. The highest BCUT2D eigenvalue weighted by Crippen LogP contribution is 2.15. The quantitative estimate of drug-likeness (QED) is 0.772. The fourth-order valence-electron chi connectivity index (χ4n) is 2.55. The maximum Gasteiger partial charge on any atom is 0.239 e. The minimum absolute atomic E-state index is 0.0766. The van der Waals surface area contributed by atoms with Crippen LogP contribution in [0.3, 0.4) is 0 Å². The van der Waals surface area contributed by atoms with E-state index < -0.39 is 0 Å². The zero-order valence-corrected chi connectivity index (χ0v) is 10.2. The standard InChI is InChI=1S/C12H22N2O2/c1-9(12(15)14-6-3-4-7-14)13-11-5-8-16-10(11)2/h9-11,13H,3-8H2,1-2H3. The van der Waals surface area contributed by atoms with E-state index in [0.29, 0.717) is 6.04 Å². The summed E-state index contributed by atoms with van der Waals surface area (Å²) in [7, 11) is 0. The first-order valence-electron chi connectivity index (χ1n) is 6.35. The molecule has 0 aromatic heterocycles. The van der Waals surface area contributed by atoms with Gasteiger partial charge in [0, 0.05) is 25.7 Å². The highest BCUT2D eigenvalue weighted by Gasteiger charge is 2.29. The second-order valence-corrected chi connectivity index (χ2v) is 4.89. The van der Waals surface area contributed by atoms with Crippen molar-refractivity contribution in [3.63, 3.8) is 0 Å². The van der Waals surface area contributed by atoms with Crippen molar-refractivity contribution in [3.8, 4) is 0 Å². The third-order valence-electron chi connectivity index (χ3n) is 3.63. The summed E-state index contributed by atoms with van der Waals surface area (Å²) in [4.78, 5) is 14.0. The third-order valence-corrected chi connectivity index (χ3v) is 3.63. The number of nitrogens with one attached hydrogen (secondary N) is 1. The Bertz CT molecular complexity index is 251. The molecule has 0 radical (unpaired) electrons. The lowest BCUT2D eigenvalue weighted by Crippen LogP contribution is -2.49. The van der Waals surface area contributed by atoms with E-state index in [-0.39, 0.29) is 18.1 Å². The number of likely N-dealkylation sites (tertiary alicyclic amines) is 1. The Hall–Kier alpha value is -0.610. The van der Waals surface area contributed by atoms with Gasteiger partial charge in [-0.3, -0.25) is 4.79 Å². The van der Waals surface area contributed by atoms with Crippen LogP contribution in [-0.4, -0.2) is 48.7 Å². The SMILES string of the molecule is CC(NC1CCOC1C)C(=O)N1CCCC1. The first kappa shape index (κ1) is 11.9. The average molecular weight is 226 g/mol. The summed E-state index contributed by atoms with van der Waals surface area (Å²) in [5.41, 5.74) is 0. The lowest BCUT2D eigenvalue weighted by atomic mass is 10.1. The van der Waals surface area contributed by atoms with E-state index in [1.165, 1.54) is 0 Å². The lowest BCUT2D eigenvalue weighted by Gasteiger charge is -2.25. The topological polar surface area (TPSA) is 41.6 Å². The van der Waals surface area contributed by atoms with Crippen LogP contribution in [0.5, 0.6) is 0 Å². The van der Waals surface area contributed by atoms with Crippen molar-refractivity contribution in [1.29, 1.82) is 0 Å². The first-order chi connectivity index (χ1) is 7.68. The number of hydrogen-bond acceptors (Lipinski definition) is 3. The highest BCUT2D eigenvalue weighted by molar-refractivity contribution is 5.81. The largest absolute Gasteiger partial charge is 0.377 e. The fourth-order valence-corrected chi connectivity index (χ4v) is 2.55. The fraction of sp³-hybridized carbons (Fsp3) is 0.917. The van der Waals surface area contributed by atoms with Gasteiger partial charge >= 0.3 is 0 Å². The zero-order chi connectivity index (χ0) is 11.5. The number of amides is 1. The van der Waals surface area contributed by atoms with Gasteiger partial charge in [-0.15, -0.1) is 0 Å². The normalized spacial score (nSPS) is 32.0. The van der Waals surface area contributed by atoms with Gasteiger partial charge in [0.15, 0.2) is 0 Å². The number of ether oxygens (including phenoxy) is 1. The van der Waals surface area contributed by atoms with E-state index in [1.807, 2.05) is 11.8 Å². The van der Waals surface area contributed by atoms with Gasteiger partial charge in [0.2, 0.25) is 5.91 Å². The molecule has 0 saturated carbocycles. The van der Waals surface area contributed by atoms with Crippen molar-refractivity contribution >= 4 is 5.91 Å². The molecule has 92 valence electrons. The van der Waals surface area contributed by atoms with Crippen LogP contribution in [0.25, 0.3) is 0 Å². The molecule has 16 heavy (non-hydrogen) atoms. The number of rotatable bonds is 3. The van der Waals surface area contributed by atoms with Crippen LogP contribution in [-0.2, 0) is 9.53 Å². The van der Waals surface area contributed by atoms with Gasteiger partial charge in [-0.1, -0.05) is 0 Å². The summed E-state index contributed by atoms with van der Waals surface area (Å²) >= 11 is 0. The molecule has 0 bridgehead atoms. The molecule has 3 unspecified atom stereocenters. The van der Waals surface area contributed by atoms with E-state index in [2.05, 4.69) is 12.2 Å². The van der Waals surface area contributed by atoms with E-state index in [1.54, 1.807) is 0 Å². The molecule has 1 N–H and O–H groups in total. The van der Waals surface area contributed by atoms with Crippen molar-refractivity contribution in [2.75, 3.05) is 19.7 Å². The predicted octanol–water partition coefficient (Wildman–Crippen LogP) is 0.764. The monoisotopic (exact) mass is 226 g/mol. The van der Waals surface area contributed by atoms with Crippen LogP contribution in [0.1, 0.15) is 33.1 Å². The van der Waals surface area contributed by atoms with E-state index >= 15 is 0 Å². The predicted molar refractivity (Wildman–Crippen MR) is 62.2 cm³/mol. The minimum Gasteiger partial charge on any atom is -0.377 e. The molecule has 2 aliphatic heterocycles. The summed E-state index contributed by atoms with van der Waals surface area (Å²) in [6.45, 7) is 6.70. The van der Waals surface area contributed by atoms with Crippen LogP contribution in [0.4, 0.5) is 0 Å². The molecule has 4 heteroatoms. The van der Waals surface area contributed by atoms with E-state index in [9.17, 15) is 4.79 Å². The van der Waals surface area contributed by atoms with Gasteiger partial charge in [-0.2, -0.15) is 0 Å². The smallest absolute Gasteiger partial charge is 0.239 e. The maximum atomic E-state index is 12.1. The van der Waals surface area contributed by atoms with Gasteiger partial charge in [0.25, 0.3) is 0 Å². The van der Waals surface area contributed by atoms with Crippen molar-refractivity contribution < 1.29 is 9.53 Å². The molecule has 0 aliphatic carbocycles. The summed E-state index contributed by atoms with van der Waals surface area (Å²) in [6, 6.07) is 0.258. The molecule has 0 aromatic rings. The Morgan fingerprint density at radius 1 is 1.44 bits per heavy atom. The Kier molecular flexibility index (Phi) is 3.82. The second kappa shape index (κ2) is 5.15. The molecule has 4 nitrogen and oxygen atoms in total. The molecule has 0 aromatic carbocycles. The Morgan fingerprint density at radius 2 is 2.12 bits per heavy atom. The van der Waals surface area contributed by atoms with Gasteiger partial charge in [-0.25, -0.2) is 0 Å². The molecule has 2 aliphatic rings. The number of carbonyl (C=O) groups excluding carboxylic acids is 1. The summed E-state index contributed by atoms with van der Waals surface area (Å²) in [5, 5.41) is 3.39. The maximum absolute atomic E-state index is 12.1. The van der Waals surface area contributed by atoms with E-state index in [0.717, 1.165) is 39.0 Å². The lowest BCUT2D eigenvalue weighted by molar-refractivity contribution is -0.132. The number of nitrogens with zero attached hydrogens (tertiary/aromatic N) is 1. The average Bonchev–Trinajstić information content (AvgIpc) is 2.89. The third kappa shape index (κ3) is 2.55. The number of carbonyl (C=O) groups is 1. The zero-order valence-electron chi connectivity index (χ0n) is 10.2. The van der Waals surface area contributed by atoms with Gasteiger partial charge in [0.05, 0.1) is 12.1 Å². The van der Waals surface area contributed by atoms with Crippen molar-refractivity contribution in [2.24, 2.45) is 0 Å². The Morgan fingerprint density at radius 3 is 2.69 bits per heavy atom. The van der Waals surface area contributed by atoms with Gasteiger partial charge in [0.1, 0.15) is 0 Å². The molecule has 3 atom stereocenters. The Balaban J connectivity index is 1.82. The van der Waals surface area contributed by atoms with Crippen molar-refractivity contribution in [2.45, 2.75) is 51.3 Å². The molecule has 1 amide bonds. The van der Waals surface area contributed by atoms with E-state index in [4.69, 9.17) is 4.74 Å². The molecule has 2 saturated heterocycles. The molecule has 2 rings (SSSR count). The molecule has 2 heterocycles. The summed E-state index contributed by atoms with van der Waals surface area (Å²) in [5.74, 6) is 0.247. The van der Waals surface area contributed by atoms with Gasteiger partial charge in [-0.05, 0) is 33.1 Å². The van der Waals surface area contributed by atoms with Crippen molar-refractivity contribution in [1.82, 2.24) is 10.2 Å². The molecule has 2 fully saturated rings. The summed E-state index contributed by atoms with van der Waals surface area (Å²) in [6.07, 6.45) is 3.55. The second-order valence-electron chi connectivity index (χ2n) is 4.89. The van der Waals surface area contributed by atoms with Crippen LogP contribution in [0.2, 0.25) is 0 Å². The molecular formula is C12H22N2O2. The van der Waals surface area contributed by atoms with Crippen molar-refractivity contribution in [3.05, 3.63) is 0 Å². The first-order valence-corrected chi connectivity index (χ1v) is 6.35. The van der Waals surface area contributed by atoms with Crippen LogP contribution >= 0.6 is 0 Å². The summed E-state index contributed by atoms with van der Waals surface area (Å²) < 4.78 is 5.48. The minimum atomic E-state index is -0.0766. The van der Waals surface area contributed by atoms with Crippen LogP contribution in [0, 0.1) is 0 Å². The molecular weight excluding hydrogens is 204 g/mol. The highest BCUT2D eigenvalue weighted by atomic mass is 16.5. The van der Waals surface area contributed by atoms with Crippen LogP contribution in [0.15, 0.2) is 0 Å². The Labute approximate surface area is 97.3 Å². The van der Waals surface area contributed by atoms with Gasteiger partial charge < -0.3 is 15.0 Å². The van der Waals surface area contributed by atoms with Crippen LogP contribution < -0.4 is 5.32 Å². The molecule has 0 spiro atoms.